The third-order valence-corrected chi connectivity index (χ3v) is 2.55. The SMILES string of the molecule is S=C(NCCOc1ccccc1)Nc1ccccn1. The first-order valence-corrected chi connectivity index (χ1v) is 6.39. The lowest BCUT2D eigenvalue weighted by molar-refractivity contribution is 0.323. The van der Waals surface area contributed by atoms with Gasteiger partial charge in [-0.25, -0.2) is 4.98 Å². The van der Waals surface area contributed by atoms with Crippen molar-refractivity contribution in [3.63, 3.8) is 0 Å². The number of anilines is 1. The molecule has 0 saturated heterocycles. The average molecular weight is 273 g/mol. The minimum atomic E-state index is 0.537. The topological polar surface area (TPSA) is 46.2 Å². The van der Waals surface area contributed by atoms with Crippen LogP contribution in [-0.2, 0) is 0 Å². The van der Waals surface area contributed by atoms with E-state index >= 15 is 0 Å². The summed E-state index contributed by atoms with van der Waals surface area (Å²) in [6, 6.07) is 15.3. The smallest absolute Gasteiger partial charge is 0.172 e. The van der Waals surface area contributed by atoms with Gasteiger partial charge >= 0.3 is 0 Å². The average Bonchev–Trinajstić information content (AvgIpc) is 2.46. The number of ether oxygens (including phenoxy) is 1. The number of aromatic nitrogens is 1. The summed E-state index contributed by atoms with van der Waals surface area (Å²) in [6.07, 6.45) is 1.71. The number of benzene rings is 1. The maximum Gasteiger partial charge on any atom is 0.172 e. The normalized spacial score (nSPS) is 9.68. The monoisotopic (exact) mass is 273 g/mol. The summed E-state index contributed by atoms with van der Waals surface area (Å²) in [7, 11) is 0. The number of hydrogen-bond acceptors (Lipinski definition) is 3. The van der Waals surface area contributed by atoms with Gasteiger partial charge in [0.05, 0.1) is 6.54 Å². The lowest BCUT2D eigenvalue weighted by Crippen LogP contribution is -2.32. The van der Waals surface area contributed by atoms with E-state index < -0.39 is 0 Å². The van der Waals surface area contributed by atoms with Gasteiger partial charge in [0.1, 0.15) is 18.2 Å². The zero-order chi connectivity index (χ0) is 13.3. The standard InChI is InChI=1S/C14H15N3OS/c19-14(17-13-8-4-5-9-15-13)16-10-11-18-12-6-2-1-3-7-12/h1-9H,10-11H2,(H2,15,16,17,19). The van der Waals surface area contributed by atoms with Gasteiger partial charge in [0.15, 0.2) is 5.11 Å². The molecule has 19 heavy (non-hydrogen) atoms. The van der Waals surface area contributed by atoms with Gasteiger partial charge in [0.2, 0.25) is 0 Å². The summed E-state index contributed by atoms with van der Waals surface area (Å²) in [4.78, 5) is 4.12. The summed E-state index contributed by atoms with van der Waals surface area (Å²) in [5, 5.41) is 6.59. The molecule has 0 atom stereocenters. The fourth-order valence-electron chi connectivity index (χ4n) is 1.45. The summed E-state index contributed by atoms with van der Waals surface area (Å²) in [5.74, 6) is 1.58. The van der Waals surface area contributed by atoms with Gasteiger partial charge < -0.3 is 15.4 Å². The van der Waals surface area contributed by atoms with E-state index in [0.717, 1.165) is 11.6 Å². The van der Waals surface area contributed by atoms with Crippen LogP contribution >= 0.6 is 12.2 Å². The lowest BCUT2D eigenvalue weighted by atomic mass is 10.3. The Labute approximate surface area is 117 Å². The Morgan fingerprint density at radius 3 is 2.63 bits per heavy atom. The highest BCUT2D eigenvalue weighted by Crippen LogP contribution is 2.07. The van der Waals surface area contributed by atoms with E-state index in [4.69, 9.17) is 17.0 Å². The lowest BCUT2D eigenvalue weighted by Gasteiger charge is -2.10. The Balaban J connectivity index is 1.65. The second-order valence-electron chi connectivity index (χ2n) is 3.76. The third kappa shape index (κ3) is 4.93. The number of rotatable bonds is 5. The molecule has 0 amide bonds. The minimum Gasteiger partial charge on any atom is -0.492 e. The first kappa shape index (κ1) is 13.3. The van der Waals surface area contributed by atoms with Crippen LogP contribution in [0.2, 0.25) is 0 Å². The van der Waals surface area contributed by atoms with E-state index in [1.807, 2.05) is 48.5 Å². The predicted molar refractivity (Wildman–Crippen MR) is 80.4 cm³/mol. The molecular weight excluding hydrogens is 258 g/mol. The molecule has 2 N–H and O–H groups in total. The molecule has 0 unspecified atom stereocenters. The molecule has 4 nitrogen and oxygen atoms in total. The fourth-order valence-corrected chi connectivity index (χ4v) is 1.65. The maximum absolute atomic E-state index is 5.54. The van der Waals surface area contributed by atoms with Crippen LogP contribution in [0.4, 0.5) is 5.82 Å². The van der Waals surface area contributed by atoms with Crippen LogP contribution in [0.5, 0.6) is 5.75 Å². The number of nitrogens with one attached hydrogen (secondary N) is 2. The molecule has 0 aliphatic rings. The predicted octanol–water partition coefficient (Wildman–Crippen LogP) is 2.45. The molecule has 0 aliphatic carbocycles. The van der Waals surface area contributed by atoms with E-state index in [1.54, 1.807) is 6.20 Å². The third-order valence-electron chi connectivity index (χ3n) is 2.31. The van der Waals surface area contributed by atoms with Gasteiger partial charge in [0.25, 0.3) is 0 Å². The highest BCUT2D eigenvalue weighted by atomic mass is 32.1. The first-order valence-electron chi connectivity index (χ1n) is 5.98. The van der Waals surface area contributed by atoms with Crippen molar-refractivity contribution in [3.05, 3.63) is 54.7 Å². The van der Waals surface area contributed by atoms with Crippen LogP contribution in [0, 0.1) is 0 Å². The molecule has 0 aliphatic heterocycles. The van der Waals surface area contributed by atoms with Gasteiger partial charge in [-0.05, 0) is 36.5 Å². The number of hydrogen-bond donors (Lipinski definition) is 2. The first-order chi connectivity index (χ1) is 9.34. The summed E-state index contributed by atoms with van der Waals surface area (Å²) in [6.45, 7) is 1.18. The Hall–Kier alpha value is -2.14. The summed E-state index contributed by atoms with van der Waals surface area (Å²) in [5.41, 5.74) is 0. The van der Waals surface area contributed by atoms with Crippen molar-refractivity contribution >= 4 is 23.1 Å². The Bertz CT molecular complexity index is 505. The van der Waals surface area contributed by atoms with E-state index in [-0.39, 0.29) is 0 Å². The minimum absolute atomic E-state index is 0.537. The van der Waals surface area contributed by atoms with Gasteiger partial charge in [0, 0.05) is 6.20 Å². The van der Waals surface area contributed by atoms with E-state index in [0.29, 0.717) is 18.3 Å². The number of pyridine rings is 1. The highest BCUT2D eigenvalue weighted by molar-refractivity contribution is 7.80. The van der Waals surface area contributed by atoms with Crippen molar-refractivity contribution in [2.45, 2.75) is 0 Å². The van der Waals surface area contributed by atoms with Gasteiger partial charge in [-0.2, -0.15) is 0 Å². The Morgan fingerprint density at radius 2 is 1.89 bits per heavy atom. The van der Waals surface area contributed by atoms with Crippen molar-refractivity contribution in [1.29, 1.82) is 0 Å². The van der Waals surface area contributed by atoms with E-state index in [1.165, 1.54) is 0 Å². The molecular formula is C14H15N3OS. The van der Waals surface area contributed by atoms with E-state index in [2.05, 4.69) is 15.6 Å². The summed E-state index contributed by atoms with van der Waals surface area (Å²) < 4.78 is 5.54. The molecule has 0 bridgehead atoms. The molecule has 0 radical (unpaired) electrons. The molecule has 0 saturated carbocycles. The molecule has 98 valence electrons. The fraction of sp³-hybridized carbons (Fsp3) is 0.143. The van der Waals surface area contributed by atoms with Crippen LogP contribution < -0.4 is 15.4 Å². The maximum atomic E-state index is 5.54. The Morgan fingerprint density at radius 1 is 1.11 bits per heavy atom. The van der Waals surface area contributed by atoms with Gasteiger partial charge in [-0.3, -0.25) is 0 Å². The molecule has 0 spiro atoms. The van der Waals surface area contributed by atoms with Crippen LogP contribution in [0.15, 0.2) is 54.7 Å². The zero-order valence-electron chi connectivity index (χ0n) is 10.4. The van der Waals surface area contributed by atoms with E-state index in [9.17, 15) is 0 Å². The number of para-hydroxylation sites is 1. The summed E-state index contributed by atoms with van der Waals surface area (Å²) >= 11 is 5.15. The second-order valence-corrected chi connectivity index (χ2v) is 4.17. The largest absolute Gasteiger partial charge is 0.492 e. The van der Waals surface area contributed by atoms with Crippen LogP contribution in [0.3, 0.4) is 0 Å². The molecule has 5 heteroatoms. The molecule has 1 aromatic carbocycles. The quantitative estimate of drug-likeness (QED) is 0.647. The molecule has 1 aromatic heterocycles. The van der Waals surface area contributed by atoms with Gasteiger partial charge in [-0.15, -0.1) is 0 Å². The van der Waals surface area contributed by atoms with Crippen molar-refractivity contribution in [3.8, 4) is 5.75 Å². The molecule has 1 heterocycles. The van der Waals surface area contributed by atoms with Gasteiger partial charge in [-0.1, -0.05) is 24.3 Å². The van der Waals surface area contributed by atoms with Crippen molar-refractivity contribution in [2.24, 2.45) is 0 Å². The number of thiocarbonyl (C=S) groups is 1. The molecule has 0 fully saturated rings. The van der Waals surface area contributed by atoms with Crippen molar-refractivity contribution in [2.75, 3.05) is 18.5 Å². The van der Waals surface area contributed by atoms with Crippen molar-refractivity contribution < 1.29 is 4.74 Å². The highest BCUT2D eigenvalue weighted by Gasteiger charge is 1.97. The van der Waals surface area contributed by atoms with Crippen LogP contribution in [0.25, 0.3) is 0 Å². The molecule has 2 aromatic rings. The van der Waals surface area contributed by atoms with Crippen LogP contribution in [-0.4, -0.2) is 23.2 Å². The Kier molecular flexibility index (Phi) is 5.13. The van der Waals surface area contributed by atoms with Crippen LogP contribution in [0.1, 0.15) is 0 Å². The number of nitrogens with zero attached hydrogens (tertiary/aromatic N) is 1. The van der Waals surface area contributed by atoms with Crippen molar-refractivity contribution in [1.82, 2.24) is 10.3 Å². The second kappa shape index (κ2) is 7.33. The molecule has 2 rings (SSSR count). The zero-order valence-corrected chi connectivity index (χ0v) is 11.2.